The number of thiophene rings is 1. The standard InChI is InChI=1S/C21H16N4O5S/c1-30-14-7-8-15(17(9-14)25(28)29)23-19(26)11-24-12-22-16-10-18(31-20(16)21(24)27)13-5-3-2-4-6-13/h2-10,12H,11H2,1H3,(H,23,26). The normalized spacial score (nSPS) is 10.7. The summed E-state index contributed by atoms with van der Waals surface area (Å²) in [5.74, 6) is -0.293. The summed E-state index contributed by atoms with van der Waals surface area (Å²) >= 11 is 1.30. The smallest absolute Gasteiger partial charge is 0.296 e. The number of amides is 1. The van der Waals surface area contributed by atoms with Crippen molar-refractivity contribution in [2.45, 2.75) is 6.54 Å². The number of benzene rings is 2. The topological polar surface area (TPSA) is 116 Å². The molecule has 0 saturated heterocycles. The van der Waals surface area contributed by atoms with Gasteiger partial charge in [0.1, 0.15) is 22.7 Å². The van der Waals surface area contributed by atoms with Crippen molar-refractivity contribution in [3.8, 4) is 16.2 Å². The van der Waals surface area contributed by atoms with Crippen LogP contribution in [0, 0.1) is 10.1 Å². The van der Waals surface area contributed by atoms with E-state index < -0.39 is 10.8 Å². The summed E-state index contributed by atoms with van der Waals surface area (Å²) in [4.78, 5) is 41.2. The minimum atomic E-state index is -0.616. The molecule has 0 radical (unpaired) electrons. The molecule has 2 aromatic heterocycles. The maximum Gasteiger partial charge on any atom is 0.296 e. The lowest BCUT2D eigenvalue weighted by Gasteiger charge is -2.08. The Labute approximate surface area is 179 Å². The number of nitrogens with one attached hydrogen (secondary N) is 1. The van der Waals surface area contributed by atoms with Crippen molar-refractivity contribution in [2.75, 3.05) is 12.4 Å². The van der Waals surface area contributed by atoms with E-state index in [0.717, 1.165) is 10.4 Å². The van der Waals surface area contributed by atoms with Gasteiger partial charge in [-0.15, -0.1) is 11.3 Å². The minimum absolute atomic E-state index is 0.0142. The first-order chi connectivity index (χ1) is 15.0. The number of hydrogen-bond acceptors (Lipinski definition) is 7. The molecule has 4 aromatic rings. The SMILES string of the molecule is COc1ccc(NC(=O)Cn2cnc3cc(-c4ccccc4)sc3c2=O)c([N+](=O)[O-])c1. The van der Waals surface area contributed by atoms with E-state index in [1.54, 1.807) is 0 Å². The monoisotopic (exact) mass is 436 g/mol. The molecule has 1 amide bonds. The molecule has 10 heteroatoms. The molecule has 2 aromatic carbocycles. The van der Waals surface area contributed by atoms with Crippen molar-refractivity contribution in [1.82, 2.24) is 9.55 Å². The second-order valence-electron chi connectivity index (χ2n) is 6.56. The average molecular weight is 436 g/mol. The highest BCUT2D eigenvalue weighted by atomic mass is 32.1. The van der Waals surface area contributed by atoms with Gasteiger partial charge in [0.2, 0.25) is 5.91 Å². The van der Waals surface area contributed by atoms with E-state index in [4.69, 9.17) is 4.74 Å². The molecule has 0 aliphatic heterocycles. The van der Waals surface area contributed by atoms with Crippen LogP contribution in [0.1, 0.15) is 0 Å². The number of rotatable bonds is 6. The van der Waals surface area contributed by atoms with Gasteiger partial charge in [0.05, 0.1) is 29.9 Å². The molecule has 2 heterocycles. The molecule has 0 saturated carbocycles. The van der Waals surface area contributed by atoms with Crippen LogP contribution in [-0.4, -0.2) is 27.5 Å². The van der Waals surface area contributed by atoms with Crippen LogP contribution in [0.4, 0.5) is 11.4 Å². The molecule has 31 heavy (non-hydrogen) atoms. The largest absolute Gasteiger partial charge is 0.496 e. The Morgan fingerprint density at radius 1 is 1.23 bits per heavy atom. The Hall–Kier alpha value is -4.05. The minimum Gasteiger partial charge on any atom is -0.496 e. The summed E-state index contributed by atoms with van der Waals surface area (Å²) in [5, 5.41) is 13.8. The molecular formula is C21H16N4O5S. The van der Waals surface area contributed by atoms with Gasteiger partial charge in [0, 0.05) is 4.88 Å². The number of methoxy groups -OCH3 is 1. The second kappa shape index (κ2) is 8.36. The van der Waals surface area contributed by atoms with Gasteiger partial charge in [-0.2, -0.15) is 0 Å². The Bertz CT molecular complexity index is 1350. The van der Waals surface area contributed by atoms with Crippen LogP contribution in [0.5, 0.6) is 5.75 Å². The number of carbonyl (C=O) groups is 1. The van der Waals surface area contributed by atoms with Gasteiger partial charge in [-0.05, 0) is 23.8 Å². The summed E-state index contributed by atoms with van der Waals surface area (Å²) in [6, 6.07) is 15.5. The van der Waals surface area contributed by atoms with Gasteiger partial charge < -0.3 is 10.1 Å². The fourth-order valence-corrected chi connectivity index (χ4v) is 4.11. The summed E-state index contributed by atoms with van der Waals surface area (Å²) in [5.41, 5.74) is 0.883. The van der Waals surface area contributed by atoms with Gasteiger partial charge in [0.25, 0.3) is 11.2 Å². The quantitative estimate of drug-likeness (QED) is 0.364. The highest BCUT2D eigenvalue weighted by Gasteiger charge is 2.18. The van der Waals surface area contributed by atoms with Gasteiger partial charge >= 0.3 is 0 Å². The van der Waals surface area contributed by atoms with E-state index in [0.29, 0.717) is 16.0 Å². The fraction of sp³-hybridized carbons (Fsp3) is 0.0952. The zero-order valence-corrected chi connectivity index (χ0v) is 17.1. The molecule has 9 nitrogen and oxygen atoms in total. The maximum absolute atomic E-state index is 12.8. The molecular weight excluding hydrogens is 420 g/mol. The third-order valence-corrected chi connectivity index (χ3v) is 5.71. The zero-order valence-electron chi connectivity index (χ0n) is 16.3. The van der Waals surface area contributed by atoms with Crippen LogP contribution in [0.15, 0.2) is 65.7 Å². The first kappa shape index (κ1) is 20.2. The third kappa shape index (κ3) is 4.14. The van der Waals surface area contributed by atoms with Crippen LogP contribution < -0.4 is 15.6 Å². The number of carbonyl (C=O) groups excluding carboxylic acids is 1. The third-order valence-electron chi connectivity index (χ3n) is 4.55. The highest BCUT2D eigenvalue weighted by molar-refractivity contribution is 7.22. The number of ether oxygens (including phenoxy) is 1. The van der Waals surface area contributed by atoms with Crippen molar-refractivity contribution < 1.29 is 14.5 Å². The summed E-state index contributed by atoms with van der Waals surface area (Å²) in [7, 11) is 1.39. The summed E-state index contributed by atoms with van der Waals surface area (Å²) < 4.78 is 6.60. The van der Waals surface area contributed by atoms with Crippen molar-refractivity contribution >= 4 is 38.8 Å². The molecule has 0 bridgehead atoms. The molecule has 156 valence electrons. The van der Waals surface area contributed by atoms with Gasteiger partial charge in [-0.3, -0.25) is 24.3 Å². The Balaban J connectivity index is 1.59. The van der Waals surface area contributed by atoms with E-state index in [1.165, 1.54) is 47.5 Å². The van der Waals surface area contributed by atoms with Gasteiger partial charge in [-0.1, -0.05) is 30.3 Å². The van der Waals surface area contributed by atoms with Crippen molar-refractivity contribution in [1.29, 1.82) is 0 Å². The lowest BCUT2D eigenvalue weighted by Crippen LogP contribution is -2.27. The Morgan fingerprint density at radius 2 is 2.00 bits per heavy atom. The summed E-state index contributed by atoms with van der Waals surface area (Å²) in [6.45, 7) is -0.330. The van der Waals surface area contributed by atoms with Gasteiger partial charge in [0.15, 0.2) is 0 Å². The van der Waals surface area contributed by atoms with Crippen LogP contribution in [0.2, 0.25) is 0 Å². The van der Waals surface area contributed by atoms with Crippen molar-refractivity contribution in [2.24, 2.45) is 0 Å². The Morgan fingerprint density at radius 3 is 2.71 bits per heavy atom. The maximum atomic E-state index is 12.8. The van der Waals surface area contributed by atoms with E-state index in [1.807, 2.05) is 36.4 Å². The number of fused-ring (bicyclic) bond motifs is 1. The zero-order chi connectivity index (χ0) is 22.0. The molecule has 0 atom stereocenters. The number of anilines is 1. The molecule has 0 aliphatic carbocycles. The number of hydrogen-bond donors (Lipinski definition) is 1. The van der Waals surface area contributed by atoms with Crippen LogP contribution >= 0.6 is 11.3 Å². The molecule has 0 aliphatic rings. The number of nitro groups is 1. The lowest BCUT2D eigenvalue weighted by molar-refractivity contribution is -0.384. The molecule has 0 unspecified atom stereocenters. The van der Waals surface area contributed by atoms with Crippen LogP contribution in [0.3, 0.4) is 0 Å². The Kier molecular flexibility index (Phi) is 5.46. The highest BCUT2D eigenvalue weighted by Crippen LogP contribution is 2.31. The molecule has 0 fully saturated rings. The van der Waals surface area contributed by atoms with Gasteiger partial charge in [-0.25, -0.2) is 4.98 Å². The number of nitro benzene ring substituents is 1. The number of nitrogens with zero attached hydrogens (tertiary/aromatic N) is 3. The second-order valence-corrected chi connectivity index (χ2v) is 7.61. The summed E-state index contributed by atoms with van der Waals surface area (Å²) in [6.07, 6.45) is 1.30. The number of aromatic nitrogens is 2. The molecule has 1 N–H and O–H groups in total. The average Bonchev–Trinajstić information content (AvgIpc) is 3.22. The van der Waals surface area contributed by atoms with Crippen LogP contribution in [0.25, 0.3) is 20.7 Å². The lowest BCUT2D eigenvalue weighted by atomic mass is 10.2. The fourth-order valence-electron chi connectivity index (χ4n) is 3.04. The van der Waals surface area contributed by atoms with E-state index in [-0.39, 0.29) is 23.5 Å². The van der Waals surface area contributed by atoms with Crippen LogP contribution in [-0.2, 0) is 11.3 Å². The predicted molar refractivity (Wildman–Crippen MR) is 118 cm³/mol. The predicted octanol–water partition coefficient (Wildman–Crippen LogP) is 3.68. The van der Waals surface area contributed by atoms with E-state index in [2.05, 4.69) is 10.3 Å². The van der Waals surface area contributed by atoms with E-state index >= 15 is 0 Å². The van der Waals surface area contributed by atoms with Crippen molar-refractivity contribution in [3.05, 3.63) is 81.4 Å². The molecule has 0 spiro atoms. The first-order valence-corrected chi connectivity index (χ1v) is 9.94. The molecule has 4 rings (SSSR count). The van der Waals surface area contributed by atoms with E-state index in [9.17, 15) is 19.7 Å². The first-order valence-electron chi connectivity index (χ1n) is 9.13. The van der Waals surface area contributed by atoms with Crippen molar-refractivity contribution in [3.63, 3.8) is 0 Å².